The van der Waals surface area contributed by atoms with Crippen LogP contribution in [-0.4, -0.2) is 47.9 Å². The Labute approximate surface area is 137 Å². The number of amides is 1. The lowest BCUT2D eigenvalue weighted by atomic mass is 9.83. The van der Waals surface area contributed by atoms with Gasteiger partial charge in [0.25, 0.3) is 5.91 Å². The number of nitrogens with zero attached hydrogens (tertiary/aromatic N) is 2. The molecule has 0 radical (unpaired) electrons. The van der Waals surface area contributed by atoms with Crippen LogP contribution < -0.4 is 0 Å². The number of hydrogen-bond acceptors (Lipinski definition) is 2. The highest BCUT2D eigenvalue weighted by Crippen LogP contribution is 2.33. The van der Waals surface area contributed by atoms with Crippen LogP contribution in [0.15, 0.2) is 24.3 Å². The van der Waals surface area contributed by atoms with E-state index < -0.39 is 0 Å². The number of fused-ring (bicyclic) bond motifs is 4. The van der Waals surface area contributed by atoms with Gasteiger partial charge in [-0.15, -0.1) is 0 Å². The Bertz CT molecular complexity index is 569. The summed E-state index contributed by atoms with van der Waals surface area (Å²) in [5, 5.41) is 0. The van der Waals surface area contributed by atoms with Crippen LogP contribution in [0.25, 0.3) is 0 Å². The van der Waals surface area contributed by atoms with Gasteiger partial charge in [0.05, 0.1) is 0 Å². The first-order valence-corrected chi connectivity index (χ1v) is 8.98. The SMILES string of the molecule is O=C(c1ccc(F)cc1)N1C[C@@H]2CC[C@H](C1)N(CC1CCC1)C2. The predicted molar refractivity (Wildman–Crippen MR) is 87.7 cm³/mol. The lowest BCUT2D eigenvalue weighted by Crippen LogP contribution is -2.47. The summed E-state index contributed by atoms with van der Waals surface area (Å²) in [6.07, 6.45) is 6.60. The smallest absolute Gasteiger partial charge is 0.253 e. The minimum absolute atomic E-state index is 0.0624. The Balaban J connectivity index is 1.46. The van der Waals surface area contributed by atoms with Gasteiger partial charge < -0.3 is 4.90 Å². The van der Waals surface area contributed by atoms with Gasteiger partial charge in [0.1, 0.15) is 5.82 Å². The summed E-state index contributed by atoms with van der Waals surface area (Å²) in [6, 6.07) is 6.48. The van der Waals surface area contributed by atoms with E-state index in [2.05, 4.69) is 4.90 Å². The number of halogens is 1. The Morgan fingerprint density at radius 3 is 2.52 bits per heavy atom. The number of carbonyl (C=O) groups excluding carboxylic acids is 1. The number of carbonyl (C=O) groups is 1. The van der Waals surface area contributed by atoms with Gasteiger partial charge in [-0.05, 0) is 61.8 Å². The van der Waals surface area contributed by atoms with Crippen LogP contribution in [0.5, 0.6) is 0 Å². The molecule has 5 rings (SSSR count). The molecular weight excluding hydrogens is 291 g/mol. The summed E-state index contributed by atoms with van der Waals surface area (Å²) >= 11 is 0. The maximum atomic E-state index is 13.1. The molecule has 1 aliphatic carbocycles. The maximum absolute atomic E-state index is 13.1. The van der Waals surface area contributed by atoms with Crippen molar-refractivity contribution < 1.29 is 9.18 Å². The van der Waals surface area contributed by atoms with Crippen molar-refractivity contribution in [2.75, 3.05) is 26.2 Å². The quantitative estimate of drug-likeness (QED) is 0.855. The molecule has 3 nitrogen and oxygen atoms in total. The molecule has 124 valence electrons. The summed E-state index contributed by atoms with van der Waals surface area (Å²) in [6.45, 7) is 4.06. The number of rotatable bonds is 3. The zero-order chi connectivity index (χ0) is 15.8. The van der Waals surface area contributed by atoms with Gasteiger partial charge in [-0.1, -0.05) is 6.42 Å². The molecule has 1 aromatic carbocycles. The molecule has 0 spiro atoms. The largest absolute Gasteiger partial charge is 0.337 e. The first-order chi connectivity index (χ1) is 11.2. The first kappa shape index (κ1) is 15.1. The molecule has 4 heteroatoms. The van der Waals surface area contributed by atoms with E-state index in [0.717, 1.165) is 25.6 Å². The van der Waals surface area contributed by atoms with Crippen LogP contribution in [0.3, 0.4) is 0 Å². The van der Waals surface area contributed by atoms with E-state index in [-0.39, 0.29) is 11.7 Å². The minimum atomic E-state index is -0.288. The molecular formula is C19H25FN2O. The van der Waals surface area contributed by atoms with Crippen molar-refractivity contribution in [3.05, 3.63) is 35.6 Å². The zero-order valence-corrected chi connectivity index (χ0v) is 13.6. The van der Waals surface area contributed by atoms with Gasteiger partial charge in [0, 0.05) is 37.8 Å². The lowest BCUT2D eigenvalue weighted by Gasteiger charge is -2.40. The van der Waals surface area contributed by atoms with Crippen LogP contribution in [0.1, 0.15) is 42.5 Å². The predicted octanol–water partition coefficient (Wildman–Crippen LogP) is 3.16. The number of piperidine rings is 1. The Morgan fingerprint density at radius 1 is 1.04 bits per heavy atom. The van der Waals surface area contributed by atoms with Crippen molar-refractivity contribution in [1.29, 1.82) is 0 Å². The fraction of sp³-hybridized carbons (Fsp3) is 0.632. The zero-order valence-electron chi connectivity index (χ0n) is 13.6. The van der Waals surface area contributed by atoms with E-state index >= 15 is 0 Å². The average molecular weight is 316 g/mol. The van der Waals surface area contributed by atoms with Gasteiger partial charge in [0.2, 0.25) is 0 Å². The van der Waals surface area contributed by atoms with Crippen LogP contribution >= 0.6 is 0 Å². The van der Waals surface area contributed by atoms with Crippen molar-refractivity contribution in [3.63, 3.8) is 0 Å². The van der Waals surface area contributed by atoms with E-state index in [9.17, 15) is 9.18 Å². The van der Waals surface area contributed by atoms with Crippen LogP contribution in [0.2, 0.25) is 0 Å². The molecule has 1 aromatic rings. The summed E-state index contributed by atoms with van der Waals surface area (Å²) in [5.41, 5.74) is 0.609. The van der Waals surface area contributed by atoms with E-state index in [1.807, 2.05) is 4.90 Å². The van der Waals surface area contributed by atoms with Gasteiger partial charge in [-0.2, -0.15) is 0 Å². The molecule has 4 fully saturated rings. The van der Waals surface area contributed by atoms with Gasteiger partial charge in [-0.3, -0.25) is 9.69 Å². The van der Waals surface area contributed by atoms with E-state index in [0.29, 0.717) is 17.5 Å². The highest BCUT2D eigenvalue weighted by molar-refractivity contribution is 5.94. The molecule has 0 N–H and O–H groups in total. The Kier molecular flexibility index (Phi) is 4.10. The van der Waals surface area contributed by atoms with E-state index in [4.69, 9.17) is 0 Å². The highest BCUT2D eigenvalue weighted by atomic mass is 19.1. The molecule has 2 bridgehead atoms. The van der Waals surface area contributed by atoms with Crippen molar-refractivity contribution in [2.45, 2.75) is 38.1 Å². The lowest BCUT2D eigenvalue weighted by molar-refractivity contribution is 0.0717. The molecule has 23 heavy (non-hydrogen) atoms. The average Bonchev–Trinajstić information content (AvgIpc) is 2.82. The normalized spacial score (nSPS) is 28.5. The number of hydrogen-bond donors (Lipinski definition) is 0. The molecule has 0 unspecified atom stereocenters. The first-order valence-electron chi connectivity index (χ1n) is 8.98. The van der Waals surface area contributed by atoms with Crippen molar-refractivity contribution in [2.24, 2.45) is 11.8 Å². The van der Waals surface area contributed by atoms with E-state index in [1.54, 1.807) is 12.1 Å². The van der Waals surface area contributed by atoms with Crippen LogP contribution in [0.4, 0.5) is 4.39 Å². The van der Waals surface area contributed by atoms with Gasteiger partial charge >= 0.3 is 0 Å². The Morgan fingerprint density at radius 2 is 1.83 bits per heavy atom. The molecule has 3 aliphatic heterocycles. The fourth-order valence-electron chi connectivity index (χ4n) is 4.35. The summed E-state index contributed by atoms with van der Waals surface area (Å²) in [4.78, 5) is 17.4. The summed E-state index contributed by atoms with van der Waals surface area (Å²) < 4.78 is 13.1. The molecule has 4 aliphatic rings. The van der Waals surface area contributed by atoms with E-state index in [1.165, 1.54) is 50.8 Å². The van der Waals surface area contributed by atoms with Crippen molar-refractivity contribution in [1.82, 2.24) is 9.80 Å². The molecule has 0 aromatic heterocycles. The molecule has 2 atom stereocenters. The Hall–Kier alpha value is -1.42. The third kappa shape index (κ3) is 3.14. The molecule has 3 heterocycles. The molecule has 1 amide bonds. The van der Waals surface area contributed by atoms with Crippen LogP contribution in [-0.2, 0) is 0 Å². The summed E-state index contributed by atoms with van der Waals surface area (Å²) in [7, 11) is 0. The van der Waals surface area contributed by atoms with Crippen LogP contribution in [0, 0.1) is 17.7 Å². The second-order valence-electron chi connectivity index (χ2n) is 7.57. The molecule has 3 saturated heterocycles. The van der Waals surface area contributed by atoms with Gasteiger partial charge in [0.15, 0.2) is 0 Å². The summed E-state index contributed by atoms with van der Waals surface area (Å²) in [5.74, 6) is 1.25. The van der Waals surface area contributed by atoms with Crippen molar-refractivity contribution >= 4 is 5.91 Å². The third-order valence-corrected chi connectivity index (χ3v) is 5.92. The molecule has 1 saturated carbocycles. The topological polar surface area (TPSA) is 23.6 Å². The number of benzene rings is 1. The minimum Gasteiger partial charge on any atom is -0.337 e. The van der Waals surface area contributed by atoms with Gasteiger partial charge in [-0.25, -0.2) is 4.39 Å². The standard InChI is InChI=1S/C19H25FN2O/c20-17-7-5-16(6-8-17)19(23)22-12-15-4-9-18(13-22)21(11-15)10-14-2-1-3-14/h5-8,14-15,18H,1-4,9-13H2/t15-,18-/m1/s1. The fourth-order valence-corrected chi connectivity index (χ4v) is 4.35. The monoisotopic (exact) mass is 316 g/mol. The highest BCUT2D eigenvalue weighted by Gasteiger charge is 2.37. The second-order valence-corrected chi connectivity index (χ2v) is 7.57. The second kappa shape index (κ2) is 6.23. The maximum Gasteiger partial charge on any atom is 0.253 e. The third-order valence-electron chi connectivity index (χ3n) is 5.92. The van der Waals surface area contributed by atoms with Crippen molar-refractivity contribution in [3.8, 4) is 0 Å².